The van der Waals surface area contributed by atoms with Crippen LogP contribution in [0.25, 0.3) is 0 Å². The molecule has 6 heteroatoms. The maximum atomic E-state index is 6.49. The Labute approximate surface area is 142 Å². The van der Waals surface area contributed by atoms with Crippen LogP contribution in [0.1, 0.15) is 36.8 Å². The predicted octanol–water partition coefficient (Wildman–Crippen LogP) is 4.29. The number of halogens is 2. The van der Waals surface area contributed by atoms with Crippen LogP contribution in [0.5, 0.6) is 0 Å². The summed E-state index contributed by atoms with van der Waals surface area (Å²) in [4.78, 5) is 0. The molecule has 0 aliphatic heterocycles. The molecule has 0 amide bonds. The van der Waals surface area contributed by atoms with Gasteiger partial charge in [-0.25, -0.2) is 0 Å². The molecule has 0 saturated heterocycles. The molecule has 1 atom stereocenters. The van der Waals surface area contributed by atoms with Crippen molar-refractivity contribution in [3.63, 3.8) is 0 Å². The zero-order chi connectivity index (χ0) is 14.7. The van der Waals surface area contributed by atoms with E-state index in [1.54, 1.807) is 11.3 Å². The number of hydrogen-bond acceptors (Lipinski definition) is 3. The molecule has 20 heavy (non-hydrogen) atoms. The number of aryl methyl sites for hydroxylation is 2. The van der Waals surface area contributed by atoms with Crippen molar-refractivity contribution in [3.8, 4) is 0 Å². The van der Waals surface area contributed by atoms with Gasteiger partial charge < -0.3 is 5.32 Å². The summed E-state index contributed by atoms with van der Waals surface area (Å²) in [5.41, 5.74) is 3.45. The van der Waals surface area contributed by atoms with Gasteiger partial charge in [0.25, 0.3) is 0 Å². The Hall–Kier alpha value is -0.110. The molecule has 0 spiro atoms. The van der Waals surface area contributed by atoms with Crippen molar-refractivity contribution in [3.05, 3.63) is 36.3 Å². The van der Waals surface area contributed by atoms with E-state index in [1.165, 1.54) is 8.45 Å². The van der Waals surface area contributed by atoms with Crippen molar-refractivity contribution >= 4 is 45.5 Å². The number of hydrogen-bond donors (Lipinski definition) is 1. The molecule has 3 nitrogen and oxygen atoms in total. The van der Waals surface area contributed by atoms with E-state index >= 15 is 0 Å². The summed E-state index contributed by atoms with van der Waals surface area (Å²) < 4.78 is 3.34. The quantitative estimate of drug-likeness (QED) is 0.703. The van der Waals surface area contributed by atoms with Crippen molar-refractivity contribution in [1.82, 2.24) is 15.1 Å². The molecule has 2 aromatic heterocycles. The number of nitrogens with one attached hydrogen (secondary N) is 1. The highest BCUT2D eigenvalue weighted by Crippen LogP contribution is 2.29. The normalized spacial score (nSPS) is 12.8. The van der Waals surface area contributed by atoms with Crippen LogP contribution in [-0.4, -0.2) is 16.8 Å². The molecule has 0 fully saturated rings. The lowest BCUT2D eigenvalue weighted by Crippen LogP contribution is -2.20. The van der Waals surface area contributed by atoms with E-state index in [0.717, 1.165) is 35.8 Å². The summed E-state index contributed by atoms with van der Waals surface area (Å²) in [6.07, 6.45) is 1.74. The average molecular weight is 424 g/mol. The Bertz CT molecular complexity index is 579. The van der Waals surface area contributed by atoms with Crippen LogP contribution >= 0.6 is 45.5 Å². The SMILES string of the molecule is CCc1nn(CC)c(CC(NC)c2csc(I)c2)c1Cl. The molecule has 0 saturated carbocycles. The minimum absolute atomic E-state index is 0.277. The topological polar surface area (TPSA) is 29.9 Å². The highest BCUT2D eigenvalue weighted by molar-refractivity contribution is 14.1. The van der Waals surface area contributed by atoms with Crippen molar-refractivity contribution in [2.75, 3.05) is 7.05 Å². The van der Waals surface area contributed by atoms with Gasteiger partial charge in [0.05, 0.1) is 19.3 Å². The van der Waals surface area contributed by atoms with Gasteiger partial charge in [0.15, 0.2) is 0 Å². The van der Waals surface area contributed by atoms with E-state index in [0.29, 0.717) is 0 Å². The van der Waals surface area contributed by atoms with Gasteiger partial charge in [-0.1, -0.05) is 18.5 Å². The molecule has 0 aliphatic rings. The third kappa shape index (κ3) is 3.37. The van der Waals surface area contributed by atoms with Crippen LogP contribution in [0.15, 0.2) is 11.4 Å². The van der Waals surface area contributed by atoms with Crippen molar-refractivity contribution < 1.29 is 0 Å². The van der Waals surface area contributed by atoms with Gasteiger partial charge in [-0.2, -0.15) is 5.10 Å². The van der Waals surface area contributed by atoms with Crippen LogP contribution in [0.2, 0.25) is 5.02 Å². The maximum absolute atomic E-state index is 6.49. The molecule has 0 bridgehead atoms. The molecule has 0 aromatic carbocycles. The van der Waals surface area contributed by atoms with Gasteiger partial charge in [0.1, 0.15) is 0 Å². The molecule has 1 unspecified atom stereocenters. The lowest BCUT2D eigenvalue weighted by Gasteiger charge is -2.16. The van der Waals surface area contributed by atoms with Crippen molar-refractivity contribution in [2.45, 2.75) is 39.3 Å². The maximum Gasteiger partial charge on any atom is 0.0850 e. The Morgan fingerprint density at radius 1 is 1.50 bits per heavy atom. The monoisotopic (exact) mass is 423 g/mol. The summed E-state index contributed by atoms with van der Waals surface area (Å²) in [5, 5.41) is 11.0. The van der Waals surface area contributed by atoms with E-state index in [2.05, 4.69) is 58.3 Å². The third-order valence-electron chi connectivity index (χ3n) is 3.43. The molecule has 110 valence electrons. The molecule has 1 N–H and O–H groups in total. The second kappa shape index (κ2) is 7.24. The summed E-state index contributed by atoms with van der Waals surface area (Å²) in [5.74, 6) is 0. The molecular formula is C14H19ClIN3S. The van der Waals surface area contributed by atoms with E-state index in [4.69, 9.17) is 11.6 Å². The first-order chi connectivity index (χ1) is 9.60. The number of thiophene rings is 1. The Kier molecular flexibility index (Phi) is 5.89. The summed E-state index contributed by atoms with van der Waals surface area (Å²) in [6.45, 7) is 5.05. The third-order valence-corrected chi connectivity index (χ3v) is 5.67. The Morgan fingerprint density at radius 3 is 2.75 bits per heavy atom. The first-order valence-electron chi connectivity index (χ1n) is 6.75. The summed E-state index contributed by atoms with van der Waals surface area (Å²) >= 11 is 10.6. The predicted molar refractivity (Wildman–Crippen MR) is 94.8 cm³/mol. The zero-order valence-corrected chi connectivity index (χ0v) is 15.6. The lowest BCUT2D eigenvalue weighted by molar-refractivity contribution is 0.541. The molecule has 0 radical (unpaired) electrons. The summed E-state index contributed by atoms with van der Waals surface area (Å²) in [6, 6.07) is 2.51. The number of nitrogens with zero attached hydrogens (tertiary/aromatic N) is 2. The number of likely N-dealkylation sites (N-methyl/N-ethyl adjacent to an activating group) is 1. The second-order valence-electron chi connectivity index (χ2n) is 4.61. The van der Waals surface area contributed by atoms with Gasteiger partial charge in [-0.05, 0) is 60.0 Å². The molecule has 0 aliphatic carbocycles. The van der Waals surface area contributed by atoms with Gasteiger partial charge in [-0.3, -0.25) is 4.68 Å². The average Bonchev–Trinajstić information content (AvgIpc) is 3.00. The fourth-order valence-corrected chi connectivity index (χ4v) is 4.07. The van der Waals surface area contributed by atoms with Crippen LogP contribution < -0.4 is 5.32 Å². The zero-order valence-electron chi connectivity index (χ0n) is 11.9. The minimum Gasteiger partial charge on any atom is -0.313 e. The van der Waals surface area contributed by atoms with E-state index in [1.807, 2.05) is 11.7 Å². The van der Waals surface area contributed by atoms with E-state index in [-0.39, 0.29) is 6.04 Å². The molecular weight excluding hydrogens is 405 g/mol. The minimum atomic E-state index is 0.277. The first-order valence-corrected chi connectivity index (χ1v) is 9.09. The first kappa shape index (κ1) is 16.3. The highest BCUT2D eigenvalue weighted by Gasteiger charge is 2.19. The van der Waals surface area contributed by atoms with Gasteiger partial charge in [0, 0.05) is 19.0 Å². The summed E-state index contributed by atoms with van der Waals surface area (Å²) in [7, 11) is 2.00. The van der Waals surface area contributed by atoms with Crippen molar-refractivity contribution in [1.29, 1.82) is 0 Å². The Balaban J connectivity index is 2.29. The van der Waals surface area contributed by atoms with Crippen LogP contribution in [0.4, 0.5) is 0 Å². The fourth-order valence-electron chi connectivity index (χ4n) is 2.30. The number of rotatable bonds is 6. The highest BCUT2D eigenvalue weighted by atomic mass is 127. The van der Waals surface area contributed by atoms with Gasteiger partial charge in [0.2, 0.25) is 0 Å². The number of aromatic nitrogens is 2. The molecule has 2 aromatic rings. The van der Waals surface area contributed by atoms with Gasteiger partial charge in [-0.15, -0.1) is 11.3 Å². The smallest absolute Gasteiger partial charge is 0.0850 e. The van der Waals surface area contributed by atoms with E-state index in [9.17, 15) is 0 Å². The molecule has 2 heterocycles. The van der Waals surface area contributed by atoms with Crippen LogP contribution in [-0.2, 0) is 19.4 Å². The van der Waals surface area contributed by atoms with Crippen molar-refractivity contribution in [2.24, 2.45) is 0 Å². The van der Waals surface area contributed by atoms with Crippen LogP contribution in [0, 0.1) is 2.88 Å². The van der Waals surface area contributed by atoms with Gasteiger partial charge >= 0.3 is 0 Å². The fraction of sp³-hybridized carbons (Fsp3) is 0.500. The second-order valence-corrected chi connectivity index (χ2v) is 7.79. The van der Waals surface area contributed by atoms with E-state index < -0.39 is 0 Å². The van der Waals surface area contributed by atoms with Crippen LogP contribution in [0.3, 0.4) is 0 Å². The standard InChI is InChI=1S/C14H19ClIN3S/c1-4-10-14(15)12(19(5-2)18-10)7-11(17-3)9-6-13(16)20-8-9/h6,8,11,17H,4-5,7H2,1-3H3. The largest absolute Gasteiger partial charge is 0.313 e. The molecule has 2 rings (SSSR count). The Morgan fingerprint density at radius 2 is 2.25 bits per heavy atom. The lowest BCUT2D eigenvalue weighted by atomic mass is 10.0.